The Balaban J connectivity index is 2.38. The average molecular weight is 284 g/mol. The van der Waals surface area contributed by atoms with Crippen molar-refractivity contribution in [1.82, 2.24) is 0 Å². The molecule has 1 heterocycles. The van der Waals surface area contributed by atoms with Gasteiger partial charge in [-0.1, -0.05) is 0 Å². The molecule has 104 valence electrons. The van der Waals surface area contributed by atoms with E-state index in [9.17, 15) is 13.2 Å². The summed E-state index contributed by atoms with van der Waals surface area (Å²) in [6, 6.07) is 4.54. The first-order valence-electron chi connectivity index (χ1n) is 5.92. The fourth-order valence-corrected chi connectivity index (χ4v) is 3.19. The number of nitrogens with two attached hydrogens (primary N) is 1. The Hall–Kier alpha value is -1.60. The van der Waals surface area contributed by atoms with Gasteiger partial charge in [0.05, 0.1) is 16.3 Å². The molecule has 6 nitrogen and oxygen atoms in total. The number of benzene rings is 1. The lowest BCUT2D eigenvalue weighted by Crippen LogP contribution is -2.35. The van der Waals surface area contributed by atoms with E-state index in [4.69, 9.17) is 10.5 Å². The molecule has 0 fully saturated rings. The molecule has 0 atom stereocenters. The topological polar surface area (TPSA) is 89.7 Å². The minimum Gasteiger partial charge on any atom is -0.482 e. The normalized spacial score (nSPS) is 15.1. The zero-order chi connectivity index (χ0) is 14.0. The van der Waals surface area contributed by atoms with E-state index < -0.39 is 9.84 Å². The van der Waals surface area contributed by atoms with E-state index in [1.54, 1.807) is 13.1 Å². The molecule has 1 aliphatic rings. The minimum absolute atomic E-state index is 0.000798. The first-order valence-corrected chi connectivity index (χ1v) is 7.57. The molecule has 2 N–H and O–H groups in total. The van der Waals surface area contributed by atoms with E-state index in [0.29, 0.717) is 24.4 Å². The number of likely N-dealkylation sites (N-methyl/N-ethyl adjacent to an activating group) is 1. The molecule has 2 rings (SSSR count). The molecule has 0 saturated heterocycles. The molecular formula is C12H16N2O4S. The quantitative estimate of drug-likeness (QED) is 0.851. The van der Waals surface area contributed by atoms with Gasteiger partial charge in [-0.05, 0) is 31.2 Å². The van der Waals surface area contributed by atoms with Crippen molar-refractivity contribution in [3.63, 3.8) is 0 Å². The Kier molecular flexibility index (Phi) is 3.77. The number of fused-ring (bicyclic) bond motifs is 1. The second-order valence-electron chi connectivity index (χ2n) is 4.33. The summed E-state index contributed by atoms with van der Waals surface area (Å²) >= 11 is 0. The summed E-state index contributed by atoms with van der Waals surface area (Å²) in [6.45, 7) is 0.300. The minimum atomic E-state index is -3.37. The van der Waals surface area contributed by atoms with E-state index in [-0.39, 0.29) is 23.2 Å². The van der Waals surface area contributed by atoms with Crippen molar-refractivity contribution >= 4 is 21.4 Å². The van der Waals surface area contributed by atoms with E-state index in [2.05, 4.69) is 0 Å². The predicted octanol–water partition coefficient (Wildman–Crippen LogP) is 0.164. The SMILES string of the molecule is CN1C(=O)COc2ccc(S(=O)(=O)CCCN)cc21. The van der Waals surface area contributed by atoms with Gasteiger partial charge in [-0.2, -0.15) is 0 Å². The van der Waals surface area contributed by atoms with Crippen LogP contribution in [0.3, 0.4) is 0 Å². The third-order valence-corrected chi connectivity index (χ3v) is 4.79. The Morgan fingerprint density at radius 1 is 1.42 bits per heavy atom. The Labute approximate surface area is 112 Å². The van der Waals surface area contributed by atoms with E-state index in [1.165, 1.54) is 17.0 Å². The van der Waals surface area contributed by atoms with Crippen LogP contribution in [0.5, 0.6) is 5.75 Å². The molecule has 7 heteroatoms. The number of anilines is 1. The van der Waals surface area contributed by atoms with Gasteiger partial charge in [0.15, 0.2) is 16.4 Å². The predicted molar refractivity (Wildman–Crippen MR) is 71.1 cm³/mol. The summed E-state index contributed by atoms with van der Waals surface area (Å²) in [5, 5.41) is 0. The van der Waals surface area contributed by atoms with Gasteiger partial charge < -0.3 is 15.4 Å². The molecule has 19 heavy (non-hydrogen) atoms. The highest BCUT2D eigenvalue weighted by molar-refractivity contribution is 7.91. The molecule has 0 unspecified atom stereocenters. The molecule has 1 amide bonds. The zero-order valence-electron chi connectivity index (χ0n) is 10.6. The van der Waals surface area contributed by atoms with Gasteiger partial charge in [0, 0.05) is 7.05 Å². The molecule has 0 spiro atoms. The number of rotatable bonds is 4. The van der Waals surface area contributed by atoms with Crippen molar-refractivity contribution in [1.29, 1.82) is 0 Å². The van der Waals surface area contributed by atoms with Crippen LogP contribution in [0.1, 0.15) is 6.42 Å². The highest BCUT2D eigenvalue weighted by atomic mass is 32.2. The van der Waals surface area contributed by atoms with Crippen molar-refractivity contribution in [2.24, 2.45) is 5.73 Å². The van der Waals surface area contributed by atoms with E-state index >= 15 is 0 Å². The fourth-order valence-electron chi connectivity index (χ4n) is 1.84. The maximum atomic E-state index is 12.1. The van der Waals surface area contributed by atoms with Crippen LogP contribution in [-0.2, 0) is 14.6 Å². The number of amides is 1. The highest BCUT2D eigenvalue weighted by Crippen LogP contribution is 2.33. The van der Waals surface area contributed by atoms with Crippen LogP contribution in [0, 0.1) is 0 Å². The van der Waals surface area contributed by atoms with Gasteiger partial charge in [-0.15, -0.1) is 0 Å². The first-order chi connectivity index (χ1) is 8.95. The van der Waals surface area contributed by atoms with Crippen molar-refractivity contribution in [2.45, 2.75) is 11.3 Å². The molecule has 1 aromatic rings. The summed E-state index contributed by atoms with van der Waals surface area (Å²) in [6.07, 6.45) is 0.407. The van der Waals surface area contributed by atoms with Crippen LogP contribution in [0.25, 0.3) is 0 Å². The molecule has 0 aliphatic carbocycles. The molecule has 1 aliphatic heterocycles. The lowest BCUT2D eigenvalue weighted by molar-refractivity contribution is -0.120. The number of ether oxygens (including phenoxy) is 1. The van der Waals surface area contributed by atoms with Crippen molar-refractivity contribution in [3.05, 3.63) is 18.2 Å². The third-order valence-electron chi connectivity index (χ3n) is 2.99. The monoisotopic (exact) mass is 284 g/mol. The Morgan fingerprint density at radius 2 is 2.16 bits per heavy atom. The second kappa shape index (κ2) is 5.18. The zero-order valence-corrected chi connectivity index (χ0v) is 11.4. The number of hydrogen-bond acceptors (Lipinski definition) is 5. The number of carbonyl (C=O) groups is 1. The number of hydrogen-bond donors (Lipinski definition) is 1. The largest absolute Gasteiger partial charge is 0.482 e. The summed E-state index contributed by atoms with van der Waals surface area (Å²) in [7, 11) is -1.77. The van der Waals surface area contributed by atoms with Crippen molar-refractivity contribution in [3.8, 4) is 5.75 Å². The fraction of sp³-hybridized carbons (Fsp3) is 0.417. The number of carbonyl (C=O) groups excluding carboxylic acids is 1. The summed E-state index contributed by atoms with van der Waals surface area (Å²) < 4.78 is 29.4. The maximum Gasteiger partial charge on any atom is 0.264 e. The van der Waals surface area contributed by atoms with Gasteiger partial charge in [-0.3, -0.25) is 4.79 Å². The molecule has 1 aromatic carbocycles. The Bertz CT molecular complexity index is 598. The van der Waals surface area contributed by atoms with Crippen molar-refractivity contribution in [2.75, 3.05) is 30.9 Å². The second-order valence-corrected chi connectivity index (χ2v) is 6.44. The van der Waals surface area contributed by atoms with Crippen LogP contribution in [0.4, 0.5) is 5.69 Å². The van der Waals surface area contributed by atoms with Gasteiger partial charge in [0.1, 0.15) is 5.75 Å². The van der Waals surface area contributed by atoms with E-state index in [1.807, 2.05) is 0 Å². The van der Waals surface area contributed by atoms with Crippen molar-refractivity contribution < 1.29 is 17.9 Å². The summed E-state index contributed by atoms with van der Waals surface area (Å²) in [4.78, 5) is 13.1. The van der Waals surface area contributed by atoms with Gasteiger partial charge in [-0.25, -0.2) is 8.42 Å². The van der Waals surface area contributed by atoms with Crippen LogP contribution in [0.2, 0.25) is 0 Å². The van der Waals surface area contributed by atoms with Crippen LogP contribution < -0.4 is 15.4 Å². The van der Waals surface area contributed by atoms with Crippen LogP contribution in [-0.4, -0.2) is 40.3 Å². The molecule has 0 radical (unpaired) electrons. The van der Waals surface area contributed by atoms with Gasteiger partial charge in [0.2, 0.25) is 0 Å². The van der Waals surface area contributed by atoms with Gasteiger partial charge >= 0.3 is 0 Å². The average Bonchev–Trinajstić information content (AvgIpc) is 2.40. The maximum absolute atomic E-state index is 12.1. The summed E-state index contributed by atoms with van der Waals surface area (Å²) in [5.41, 5.74) is 5.80. The van der Waals surface area contributed by atoms with Gasteiger partial charge in [0.25, 0.3) is 5.91 Å². The third kappa shape index (κ3) is 2.71. The number of nitrogens with zero attached hydrogens (tertiary/aromatic N) is 1. The molecule has 0 bridgehead atoms. The highest BCUT2D eigenvalue weighted by Gasteiger charge is 2.24. The number of sulfone groups is 1. The Morgan fingerprint density at radius 3 is 2.84 bits per heavy atom. The molecule has 0 saturated carbocycles. The van der Waals surface area contributed by atoms with Crippen LogP contribution in [0.15, 0.2) is 23.1 Å². The molecular weight excluding hydrogens is 268 g/mol. The standard InChI is InChI=1S/C12H16N2O4S/c1-14-10-7-9(19(16,17)6-2-5-13)3-4-11(10)18-8-12(14)15/h3-4,7H,2,5-6,8,13H2,1H3. The molecule has 0 aromatic heterocycles. The summed E-state index contributed by atoms with van der Waals surface area (Å²) in [5.74, 6) is 0.310. The first kappa shape index (κ1) is 13.8. The van der Waals surface area contributed by atoms with E-state index in [0.717, 1.165) is 0 Å². The lowest BCUT2D eigenvalue weighted by atomic mass is 10.2. The van der Waals surface area contributed by atoms with Crippen LogP contribution >= 0.6 is 0 Å². The smallest absolute Gasteiger partial charge is 0.264 e. The lowest BCUT2D eigenvalue weighted by Gasteiger charge is -2.26.